The number of furan rings is 1. The molecule has 11 nitrogen and oxygen atoms in total. The Morgan fingerprint density at radius 3 is 1.35 bits per heavy atom. The number of hydrogen-bond donors (Lipinski definition) is 0. The summed E-state index contributed by atoms with van der Waals surface area (Å²) in [6, 6.07) is 125. The Hall–Kier alpha value is -15.8. The van der Waals surface area contributed by atoms with E-state index in [9.17, 15) is 0 Å². The third kappa shape index (κ3) is 7.74. The summed E-state index contributed by atoms with van der Waals surface area (Å²) < 4.78 is 22.7. The first-order valence-electron chi connectivity index (χ1n) is 40.2. The van der Waals surface area contributed by atoms with Gasteiger partial charge in [0.1, 0.15) is 10.4 Å². The average molecular weight is 1520 g/mol. The number of hydrogen-bond acceptors (Lipinski definition) is 6. The van der Waals surface area contributed by atoms with Crippen molar-refractivity contribution in [1.82, 2.24) is 47.0 Å². The maximum atomic E-state index is 6.93. The fourth-order valence-electron chi connectivity index (χ4n) is 21.4. The highest BCUT2D eigenvalue weighted by atomic mass is 32.1. The van der Waals surface area contributed by atoms with Crippen LogP contribution in [-0.4, -0.2) is 47.0 Å². The van der Waals surface area contributed by atoms with E-state index in [1.54, 1.807) is 11.3 Å². The molecule has 0 atom stereocenters. The average Bonchev–Trinajstić information content (AvgIpc) is 1.51. The van der Waals surface area contributed by atoms with Crippen LogP contribution in [0.2, 0.25) is 0 Å². The summed E-state index contributed by atoms with van der Waals surface area (Å²) in [7, 11) is 0. The number of para-hydroxylation sites is 8. The van der Waals surface area contributed by atoms with Gasteiger partial charge in [-0.1, -0.05) is 243 Å². The van der Waals surface area contributed by atoms with Crippen molar-refractivity contribution in [3.8, 4) is 45.8 Å². The standard InChI is InChI=1S/C106H56N10OS/c1-2-23-62-57(22-1)47-52-84-91(62)97-93-71-29-8-17-40-82(71)114(87(93)55-75-67-27-6-13-36-78(67)112(84)99(75)97)102-95-73-31-10-19-42-89(73)117-104(95)108-101(107-102)59-46-50-69-66-26-3-12-35-77(66)111(86(69)54-59)60-48-44-58(45-49-60)61-33-21-34-70-63(61)51-53-85-92(70)98-94-72-30-9-18-41-83(72)115(88(94)56-76-68-28-7-14-37-79(68)113(85)100(76)98)103-96-74-32-11-20-43-90(74)118-105(96)110-106(109-103)116-80-38-15-4-24-64(80)65-25-5-16-39-81(65)116/h1-56H. The van der Waals surface area contributed by atoms with Gasteiger partial charge in [-0.15, -0.1) is 11.3 Å². The van der Waals surface area contributed by atoms with Gasteiger partial charge in [-0.25, -0.2) is 9.97 Å². The molecule has 118 heavy (non-hydrogen) atoms. The van der Waals surface area contributed by atoms with Crippen LogP contribution in [-0.2, 0) is 0 Å². The molecule has 0 aliphatic rings. The van der Waals surface area contributed by atoms with E-state index in [1.165, 1.54) is 124 Å². The van der Waals surface area contributed by atoms with Crippen molar-refractivity contribution in [2.24, 2.45) is 0 Å². The molecule has 542 valence electrons. The lowest BCUT2D eigenvalue weighted by atomic mass is 9.94. The van der Waals surface area contributed by atoms with Crippen molar-refractivity contribution in [1.29, 1.82) is 0 Å². The number of thiophene rings is 1. The van der Waals surface area contributed by atoms with E-state index in [0.717, 1.165) is 132 Å². The van der Waals surface area contributed by atoms with Crippen molar-refractivity contribution in [2.45, 2.75) is 0 Å². The van der Waals surface area contributed by atoms with Gasteiger partial charge in [0, 0.05) is 113 Å². The molecule has 0 spiro atoms. The largest absolute Gasteiger partial charge is 0.437 e. The quantitative estimate of drug-likeness (QED) is 0.165. The van der Waals surface area contributed by atoms with E-state index >= 15 is 0 Å². The number of rotatable bonds is 6. The highest BCUT2D eigenvalue weighted by Gasteiger charge is 2.32. The van der Waals surface area contributed by atoms with Crippen LogP contribution < -0.4 is 0 Å². The summed E-state index contributed by atoms with van der Waals surface area (Å²) in [5.74, 6) is 2.81. The molecule has 0 N–H and O–H groups in total. The normalized spacial score (nSPS) is 12.7. The fraction of sp³-hybridized carbons (Fsp3) is 0. The number of fused-ring (bicyclic) bond motifs is 36. The van der Waals surface area contributed by atoms with Crippen molar-refractivity contribution in [3.63, 3.8) is 0 Å². The van der Waals surface area contributed by atoms with Crippen molar-refractivity contribution >= 4 is 239 Å². The lowest BCUT2D eigenvalue weighted by Gasteiger charge is -2.13. The second-order valence-electron chi connectivity index (χ2n) is 31.8. The molecule has 0 saturated heterocycles. The van der Waals surface area contributed by atoms with Gasteiger partial charge in [-0.2, -0.15) is 9.97 Å². The summed E-state index contributed by atoms with van der Waals surface area (Å²) >= 11 is 1.73. The smallest absolute Gasteiger partial charge is 0.238 e. The Labute approximate surface area is 671 Å². The minimum absolute atomic E-state index is 0.527. The molecule has 0 amide bonds. The monoisotopic (exact) mass is 1520 g/mol. The zero-order valence-corrected chi connectivity index (χ0v) is 63.4. The molecule has 0 saturated carbocycles. The summed E-state index contributed by atoms with van der Waals surface area (Å²) in [5.41, 5.74) is 21.2. The van der Waals surface area contributed by atoms with E-state index in [1.807, 2.05) is 12.1 Å². The predicted molar refractivity (Wildman–Crippen MR) is 490 cm³/mol. The fourth-order valence-corrected chi connectivity index (χ4v) is 22.5. The Kier molecular flexibility index (Phi) is 11.6. The van der Waals surface area contributed by atoms with Crippen LogP contribution in [0.4, 0.5) is 0 Å². The second-order valence-corrected chi connectivity index (χ2v) is 32.8. The van der Waals surface area contributed by atoms with Gasteiger partial charge in [0.2, 0.25) is 11.7 Å². The van der Waals surface area contributed by atoms with Crippen molar-refractivity contribution in [3.05, 3.63) is 340 Å². The second kappa shape index (κ2) is 22.2. The van der Waals surface area contributed by atoms with E-state index in [4.69, 9.17) is 24.4 Å². The van der Waals surface area contributed by atoms with Crippen LogP contribution in [0.15, 0.2) is 344 Å². The molecule has 17 aromatic carbocycles. The zero-order chi connectivity index (χ0) is 76.2. The first-order valence-corrected chi connectivity index (χ1v) is 41.0. The number of aromatic nitrogens is 10. The van der Waals surface area contributed by atoms with Gasteiger partial charge < -0.3 is 17.8 Å². The van der Waals surface area contributed by atoms with Gasteiger partial charge in [-0.05, 0) is 130 Å². The van der Waals surface area contributed by atoms with E-state index in [0.29, 0.717) is 17.5 Å². The van der Waals surface area contributed by atoms with Crippen molar-refractivity contribution < 1.29 is 4.42 Å². The summed E-state index contributed by atoms with van der Waals surface area (Å²) in [6.45, 7) is 0. The van der Waals surface area contributed by atoms with Gasteiger partial charge >= 0.3 is 0 Å². The molecule has 29 aromatic rings. The minimum Gasteiger partial charge on any atom is -0.437 e. The topological polar surface area (TPSA) is 93.2 Å². The van der Waals surface area contributed by atoms with Crippen LogP contribution in [0.25, 0.3) is 273 Å². The highest BCUT2D eigenvalue weighted by molar-refractivity contribution is 7.25. The van der Waals surface area contributed by atoms with Gasteiger partial charge in [-0.3, -0.25) is 13.7 Å². The first kappa shape index (κ1) is 61.8. The minimum atomic E-state index is 0.527. The Morgan fingerprint density at radius 1 is 0.246 bits per heavy atom. The lowest BCUT2D eigenvalue weighted by Crippen LogP contribution is -2.06. The van der Waals surface area contributed by atoms with Gasteiger partial charge in [0.05, 0.1) is 88.0 Å². The molecule has 0 aliphatic heterocycles. The first-order chi connectivity index (χ1) is 58.6. The third-order valence-electron chi connectivity index (χ3n) is 26.1. The molecule has 0 unspecified atom stereocenters. The molecule has 0 bridgehead atoms. The molecular weight excluding hydrogens is 1460 g/mol. The summed E-state index contributed by atoms with van der Waals surface area (Å²) in [6.07, 6.45) is 0. The number of nitrogens with zero attached hydrogens (tertiary/aromatic N) is 10. The molecule has 0 fully saturated rings. The maximum absolute atomic E-state index is 6.93. The zero-order valence-electron chi connectivity index (χ0n) is 62.6. The van der Waals surface area contributed by atoms with Gasteiger partial charge in [0.15, 0.2) is 17.5 Å². The predicted octanol–water partition coefficient (Wildman–Crippen LogP) is 27.9. The van der Waals surface area contributed by atoms with Crippen LogP contribution in [0.3, 0.4) is 0 Å². The lowest BCUT2D eigenvalue weighted by molar-refractivity contribution is 0.653. The molecule has 0 radical (unpaired) electrons. The molecular formula is C106H56N10OS. The van der Waals surface area contributed by atoms with Crippen LogP contribution >= 0.6 is 11.3 Å². The SMILES string of the molecule is c1ccc2c(c1)ccc1c2c2c3c4ccccc4n(-c4nc(-c5ccc6c7ccccc7n(-c7ccc(-c8cccc9c8ccc8c9c9c%10c%11ccccc%11n(-c%11nc(-n%12c%13ccccc%13c%13ccccc%13%12)nc%12sc%13ccccc%13c%11%12)c%10cc%10c%11ccccc%11n8c%109)cc7)c6c5)nc5oc6ccccc6c45)c3cc3c4ccccc4n1c32. The molecule has 12 heterocycles. The van der Waals surface area contributed by atoms with E-state index < -0.39 is 0 Å². The summed E-state index contributed by atoms with van der Waals surface area (Å²) in [4.78, 5) is 23.7. The van der Waals surface area contributed by atoms with E-state index in [2.05, 4.69) is 355 Å². The molecule has 0 aliphatic carbocycles. The molecule has 12 heteroatoms. The Bertz CT molecular complexity index is 9560. The van der Waals surface area contributed by atoms with Crippen LogP contribution in [0, 0.1) is 0 Å². The molecule has 12 aromatic heterocycles. The Morgan fingerprint density at radius 2 is 0.712 bits per heavy atom. The van der Waals surface area contributed by atoms with E-state index in [-0.39, 0.29) is 0 Å². The van der Waals surface area contributed by atoms with Gasteiger partial charge in [0.25, 0.3) is 0 Å². The number of benzene rings is 17. The van der Waals surface area contributed by atoms with Crippen LogP contribution in [0.5, 0.6) is 0 Å². The van der Waals surface area contributed by atoms with Crippen LogP contribution in [0.1, 0.15) is 0 Å². The molecule has 29 rings (SSSR count). The third-order valence-corrected chi connectivity index (χ3v) is 27.2. The maximum Gasteiger partial charge on any atom is 0.238 e. The van der Waals surface area contributed by atoms with Crippen molar-refractivity contribution in [2.75, 3.05) is 0 Å². The summed E-state index contributed by atoms with van der Waals surface area (Å²) in [5, 5.41) is 27.9. The Balaban J connectivity index is 0.621. The highest BCUT2D eigenvalue weighted by Crippen LogP contribution is 2.54.